The van der Waals surface area contributed by atoms with Crippen LogP contribution in [0.4, 0.5) is 0 Å². The predicted molar refractivity (Wildman–Crippen MR) is 72.6 cm³/mol. The first-order valence-electron chi connectivity index (χ1n) is 6.39. The Morgan fingerprint density at radius 1 is 1.39 bits per heavy atom. The molecule has 102 valence electrons. The molecule has 1 N–H and O–H groups in total. The molecule has 0 bridgehead atoms. The fourth-order valence-electron chi connectivity index (χ4n) is 1.90. The van der Waals surface area contributed by atoms with Crippen molar-refractivity contribution in [3.8, 4) is 5.75 Å². The smallest absolute Gasteiger partial charge is 0.138 e. The van der Waals surface area contributed by atoms with Gasteiger partial charge in [-0.1, -0.05) is 13.8 Å². The lowest BCUT2D eigenvalue weighted by Gasteiger charge is -2.23. The molecule has 0 aliphatic heterocycles. The molecular formula is C14H24N2O2. The molecule has 0 aliphatic rings. The summed E-state index contributed by atoms with van der Waals surface area (Å²) in [4.78, 5) is 6.65. The Morgan fingerprint density at radius 2 is 2.11 bits per heavy atom. The van der Waals surface area contributed by atoms with E-state index in [1.807, 2.05) is 13.0 Å². The van der Waals surface area contributed by atoms with Crippen LogP contribution < -0.4 is 0 Å². The van der Waals surface area contributed by atoms with Gasteiger partial charge in [0, 0.05) is 32.4 Å². The van der Waals surface area contributed by atoms with E-state index in [0.29, 0.717) is 19.1 Å². The number of pyridine rings is 1. The highest BCUT2D eigenvalue weighted by molar-refractivity contribution is 5.27. The fraction of sp³-hybridized carbons (Fsp3) is 0.643. The van der Waals surface area contributed by atoms with Gasteiger partial charge in [-0.05, 0) is 25.0 Å². The van der Waals surface area contributed by atoms with Crippen molar-refractivity contribution in [2.24, 2.45) is 5.92 Å². The van der Waals surface area contributed by atoms with Crippen molar-refractivity contribution in [2.45, 2.75) is 27.3 Å². The van der Waals surface area contributed by atoms with Crippen LogP contribution in [0.1, 0.15) is 25.2 Å². The number of aryl methyl sites for hydroxylation is 1. The summed E-state index contributed by atoms with van der Waals surface area (Å²) in [6.45, 7) is 9.48. The maximum atomic E-state index is 9.82. The number of nitrogens with zero attached hydrogens (tertiary/aromatic N) is 2. The van der Waals surface area contributed by atoms with Crippen LogP contribution in [0.5, 0.6) is 5.75 Å². The summed E-state index contributed by atoms with van der Waals surface area (Å²) in [7, 11) is 1.70. The number of hydrogen-bond donors (Lipinski definition) is 1. The van der Waals surface area contributed by atoms with Gasteiger partial charge in [-0.3, -0.25) is 9.88 Å². The standard InChI is InChI=1S/C14H24N2O2/c1-11(2)9-16(7-8-18-4)10-13-14(17)6-5-12(3)15-13/h5-6,11,17H,7-10H2,1-4H3. The van der Waals surface area contributed by atoms with Crippen molar-refractivity contribution in [3.63, 3.8) is 0 Å². The average Bonchev–Trinajstić information content (AvgIpc) is 2.30. The quantitative estimate of drug-likeness (QED) is 0.808. The lowest BCUT2D eigenvalue weighted by atomic mass is 10.2. The Labute approximate surface area is 110 Å². The van der Waals surface area contributed by atoms with Crippen LogP contribution in [0.2, 0.25) is 0 Å². The SMILES string of the molecule is COCCN(Cc1nc(C)ccc1O)CC(C)C. The number of hydrogen-bond acceptors (Lipinski definition) is 4. The summed E-state index contributed by atoms with van der Waals surface area (Å²) in [6.07, 6.45) is 0. The van der Waals surface area contributed by atoms with E-state index in [4.69, 9.17) is 4.74 Å². The summed E-state index contributed by atoms with van der Waals surface area (Å²) in [6, 6.07) is 3.53. The normalized spacial score (nSPS) is 11.4. The van der Waals surface area contributed by atoms with Crippen LogP contribution in [-0.4, -0.2) is 41.8 Å². The molecule has 0 unspecified atom stereocenters. The van der Waals surface area contributed by atoms with E-state index in [-0.39, 0.29) is 5.75 Å². The molecule has 0 atom stereocenters. The van der Waals surface area contributed by atoms with Crippen molar-refractivity contribution < 1.29 is 9.84 Å². The zero-order chi connectivity index (χ0) is 13.5. The molecule has 0 aliphatic carbocycles. The Bertz CT molecular complexity index is 367. The Kier molecular flexibility index (Phi) is 6.09. The Balaban J connectivity index is 2.71. The molecule has 0 spiro atoms. The highest BCUT2D eigenvalue weighted by atomic mass is 16.5. The molecular weight excluding hydrogens is 228 g/mol. The summed E-state index contributed by atoms with van der Waals surface area (Å²) < 4.78 is 5.12. The third kappa shape index (κ3) is 5.02. The van der Waals surface area contributed by atoms with Crippen molar-refractivity contribution in [3.05, 3.63) is 23.5 Å². The van der Waals surface area contributed by atoms with E-state index >= 15 is 0 Å². The molecule has 1 aromatic rings. The third-order valence-electron chi connectivity index (χ3n) is 2.70. The zero-order valence-electron chi connectivity index (χ0n) is 11.8. The number of rotatable bonds is 7. The maximum Gasteiger partial charge on any atom is 0.138 e. The second kappa shape index (κ2) is 7.34. The minimum atomic E-state index is 0.270. The molecule has 18 heavy (non-hydrogen) atoms. The van der Waals surface area contributed by atoms with E-state index < -0.39 is 0 Å². The maximum absolute atomic E-state index is 9.82. The highest BCUT2D eigenvalue weighted by Crippen LogP contribution is 2.17. The number of ether oxygens (including phenoxy) is 1. The van der Waals surface area contributed by atoms with Crippen LogP contribution in [0.3, 0.4) is 0 Å². The highest BCUT2D eigenvalue weighted by Gasteiger charge is 2.12. The van der Waals surface area contributed by atoms with Crippen LogP contribution >= 0.6 is 0 Å². The topological polar surface area (TPSA) is 45.6 Å². The second-order valence-electron chi connectivity index (χ2n) is 5.04. The number of aromatic hydroxyl groups is 1. The zero-order valence-corrected chi connectivity index (χ0v) is 11.8. The molecule has 0 saturated carbocycles. The summed E-state index contributed by atoms with van der Waals surface area (Å²) in [5.41, 5.74) is 1.67. The van der Waals surface area contributed by atoms with Gasteiger partial charge in [0.1, 0.15) is 5.75 Å². The number of aromatic nitrogens is 1. The first-order valence-corrected chi connectivity index (χ1v) is 6.39. The van der Waals surface area contributed by atoms with Gasteiger partial charge in [-0.15, -0.1) is 0 Å². The Morgan fingerprint density at radius 3 is 2.72 bits per heavy atom. The molecule has 0 aromatic carbocycles. The van der Waals surface area contributed by atoms with Crippen LogP contribution in [-0.2, 0) is 11.3 Å². The first-order chi connectivity index (χ1) is 8.52. The van der Waals surface area contributed by atoms with Gasteiger partial charge in [0.05, 0.1) is 12.3 Å². The van der Waals surface area contributed by atoms with Crippen LogP contribution in [0.15, 0.2) is 12.1 Å². The molecule has 0 amide bonds. The molecule has 0 fully saturated rings. The fourth-order valence-corrected chi connectivity index (χ4v) is 1.90. The molecule has 4 nitrogen and oxygen atoms in total. The largest absolute Gasteiger partial charge is 0.506 e. The second-order valence-corrected chi connectivity index (χ2v) is 5.04. The molecule has 1 aromatic heterocycles. The minimum absolute atomic E-state index is 0.270. The van der Waals surface area contributed by atoms with E-state index in [1.165, 1.54) is 0 Å². The lowest BCUT2D eigenvalue weighted by molar-refractivity contribution is 0.134. The third-order valence-corrected chi connectivity index (χ3v) is 2.70. The van der Waals surface area contributed by atoms with Crippen molar-refractivity contribution in [2.75, 3.05) is 26.8 Å². The van der Waals surface area contributed by atoms with Gasteiger partial charge in [-0.25, -0.2) is 0 Å². The van der Waals surface area contributed by atoms with Crippen molar-refractivity contribution >= 4 is 0 Å². The van der Waals surface area contributed by atoms with Gasteiger partial charge >= 0.3 is 0 Å². The van der Waals surface area contributed by atoms with E-state index in [9.17, 15) is 5.11 Å². The van der Waals surface area contributed by atoms with E-state index in [1.54, 1.807) is 13.2 Å². The van der Waals surface area contributed by atoms with Gasteiger partial charge < -0.3 is 9.84 Å². The lowest BCUT2D eigenvalue weighted by Crippen LogP contribution is -2.31. The average molecular weight is 252 g/mol. The van der Waals surface area contributed by atoms with Crippen molar-refractivity contribution in [1.29, 1.82) is 0 Å². The van der Waals surface area contributed by atoms with Crippen molar-refractivity contribution in [1.82, 2.24) is 9.88 Å². The van der Waals surface area contributed by atoms with E-state index in [0.717, 1.165) is 24.5 Å². The predicted octanol–water partition coefficient (Wildman–Crippen LogP) is 2.20. The van der Waals surface area contributed by atoms with Crippen LogP contribution in [0, 0.1) is 12.8 Å². The van der Waals surface area contributed by atoms with Gasteiger partial charge in [0.25, 0.3) is 0 Å². The molecule has 4 heteroatoms. The van der Waals surface area contributed by atoms with Gasteiger partial charge in [0.2, 0.25) is 0 Å². The first kappa shape index (κ1) is 14.9. The van der Waals surface area contributed by atoms with Gasteiger partial charge in [-0.2, -0.15) is 0 Å². The summed E-state index contributed by atoms with van der Waals surface area (Å²) in [5.74, 6) is 0.848. The molecule has 1 heterocycles. The summed E-state index contributed by atoms with van der Waals surface area (Å²) in [5, 5.41) is 9.82. The molecule has 0 saturated heterocycles. The summed E-state index contributed by atoms with van der Waals surface area (Å²) >= 11 is 0. The van der Waals surface area contributed by atoms with Crippen LogP contribution in [0.25, 0.3) is 0 Å². The minimum Gasteiger partial charge on any atom is -0.506 e. The Hall–Kier alpha value is -1.13. The monoisotopic (exact) mass is 252 g/mol. The molecule has 0 radical (unpaired) electrons. The van der Waals surface area contributed by atoms with E-state index in [2.05, 4.69) is 23.7 Å². The van der Waals surface area contributed by atoms with Gasteiger partial charge in [0.15, 0.2) is 0 Å². The molecule has 1 rings (SSSR count). The number of methoxy groups -OCH3 is 1.